The Morgan fingerprint density at radius 2 is 1.73 bits per heavy atom. The number of benzene rings is 1. The Balaban J connectivity index is 2.81. The molecule has 3 heteroatoms. The van der Waals surface area contributed by atoms with Crippen molar-refractivity contribution in [1.82, 2.24) is 0 Å². The maximum absolute atomic E-state index is 8.97. The quantitative estimate of drug-likeness (QED) is 0.770. The van der Waals surface area contributed by atoms with Gasteiger partial charge < -0.3 is 15.1 Å². The molecule has 0 amide bonds. The molecule has 0 fully saturated rings. The summed E-state index contributed by atoms with van der Waals surface area (Å²) in [5, 5.41) is 17.9. The smallest absolute Gasteiger partial charge is 0.0681 e. The van der Waals surface area contributed by atoms with E-state index in [0.29, 0.717) is 12.6 Å². The third kappa shape index (κ3) is 3.22. The minimum absolute atomic E-state index is 0.0714. The van der Waals surface area contributed by atoms with Crippen LogP contribution >= 0.6 is 0 Å². The molecule has 0 aliphatic rings. The third-order valence-electron chi connectivity index (χ3n) is 2.41. The Morgan fingerprint density at radius 3 is 2.13 bits per heavy atom. The second-order valence-corrected chi connectivity index (χ2v) is 3.84. The van der Waals surface area contributed by atoms with Gasteiger partial charge in [0.25, 0.3) is 0 Å². The van der Waals surface area contributed by atoms with E-state index >= 15 is 0 Å². The Morgan fingerprint density at radius 1 is 1.13 bits per heavy atom. The van der Waals surface area contributed by atoms with Crippen LogP contribution in [0.3, 0.4) is 0 Å². The van der Waals surface area contributed by atoms with Gasteiger partial charge in [0, 0.05) is 18.3 Å². The van der Waals surface area contributed by atoms with Crippen LogP contribution < -0.4 is 4.90 Å². The minimum Gasteiger partial charge on any atom is -0.395 e. The topological polar surface area (TPSA) is 43.7 Å². The highest BCUT2D eigenvalue weighted by molar-refractivity contribution is 5.48. The van der Waals surface area contributed by atoms with Crippen molar-refractivity contribution in [2.75, 3.05) is 18.1 Å². The molecule has 0 unspecified atom stereocenters. The monoisotopic (exact) mass is 209 g/mol. The normalized spacial score (nSPS) is 10.7. The van der Waals surface area contributed by atoms with E-state index in [4.69, 9.17) is 10.2 Å². The number of aliphatic hydroxyl groups is 2. The number of aliphatic hydroxyl groups excluding tert-OH is 2. The van der Waals surface area contributed by atoms with Gasteiger partial charge in [-0.25, -0.2) is 0 Å². The molecule has 0 aromatic heterocycles. The number of hydrogen-bond acceptors (Lipinski definition) is 3. The highest BCUT2D eigenvalue weighted by Crippen LogP contribution is 2.17. The molecule has 1 aromatic carbocycles. The summed E-state index contributed by atoms with van der Waals surface area (Å²) in [7, 11) is 0. The summed E-state index contributed by atoms with van der Waals surface area (Å²) >= 11 is 0. The second-order valence-electron chi connectivity index (χ2n) is 3.84. The van der Waals surface area contributed by atoms with E-state index in [0.717, 1.165) is 11.3 Å². The van der Waals surface area contributed by atoms with Crippen LogP contribution in [-0.2, 0) is 6.61 Å². The molecule has 0 radical (unpaired) electrons. The molecule has 1 rings (SSSR count). The first kappa shape index (κ1) is 12.0. The van der Waals surface area contributed by atoms with Crippen LogP contribution in [0.15, 0.2) is 24.3 Å². The van der Waals surface area contributed by atoms with Crippen LogP contribution in [0.5, 0.6) is 0 Å². The average Bonchev–Trinajstić information content (AvgIpc) is 2.26. The van der Waals surface area contributed by atoms with Gasteiger partial charge in [0.1, 0.15) is 0 Å². The predicted octanol–water partition coefficient (Wildman–Crippen LogP) is 1.39. The molecule has 3 nitrogen and oxygen atoms in total. The average molecular weight is 209 g/mol. The zero-order chi connectivity index (χ0) is 11.3. The van der Waals surface area contributed by atoms with Crippen molar-refractivity contribution in [1.29, 1.82) is 0 Å². The maximum Gasteiger partial charge on any atom is 0.0681 e. The van der Waals surface area contributed by atoms with Gasteiger partial charge in [-0.05, 0) is 31.5 Å². The van der Waals surface area contributed by atoms with Gasteiger partial charge in [-0.2, -0.15) is 0 Å². The van der Waals surface area contributed by atoms with Crippen LogP contribution in [0.25, 0.3) is 0 Å². The fourth-order valence-corrected chi connectivity index (χ4v) is 1.59. The molecule has 2 N–H and O–H groups in total. The van der Waals surface area contributed by atoms with Gasteiger partial charge in [-0.15, -0.1) is 0 Å². The molecule has 0 atom stereocenters. The SMILES string of the molecule is CC(C)N(CCO)c1ccc(CO)cc1. The van der Waals surface area contributed by atoms with Gasteiger partial charge in [-0.1, -0.05) is 12.1 Å². The second kappa shape index (κ2) is 5.73. The third-order valence-corrected chi connectivity index (χ3v) is 2.41. The highest BCUT2D eigenvalue weighted by atomic mass is 16.3. The van der Waals surface area contributed by atoms with E-state index in [2.05, 4.69) is 18.7 Å². The van der Waals surface area contributed by atoms with Gasteiger partial charge in [0.2, 0.25) is 0 Å². The van der Waals surface area contributed by atoms with E-state index in [1.54, 1.807) is 0 Å². The summed E-state index contributed by atoms with van der Waals surface area (Å²) in [6.45, 7) is 5.04. The molecule has 0 aliphatic carbocycles. The van der Waals surface area contributed by atoms with Crippen molar-refractivity contribution >= 4 is 5.69 Å². The van der Waals surface area contributed by atoms with Crippen molar-refractivity contribution in [2.45, 2.75) is 26.5 Å². The summed E-state index contributed by atoms with van der Waals surface area (Å²) in [5.41, 5.74) is 1.99. The Hall–Kier alpha value is -1.06. The Kier molecular flexibility index (Phi) is 4.59. The van der Waals surface area contributed by atoms with E-state index in [9.17, 15) is 0 Å². The first-order valence-electron chi connectivity index (χ1n) is 5.26. The largest absolute Gasteiger partial charge is 0.395 e. The first-order valence-corrected chi connectivity index (χ1v) is 5.26. The summed E-state index contributed by atoms with van der Waals surface area (Å²) in [6.07, 6.45) is 0. The van der Waals surface area contributed by atoms with Gasteiger partial charge in [0.05, 0.1) is 13.2 Å². The van der Waals surface area contributed by atoms with Crippen molar-refractivity contribution in [2.24, 2.45) is 0 Å². The standard InChI is InChI=1S/C12H19NO2/c1-10(2)13(7-8-14)12-5-3-11(9-15)4-6-12/h3-6,10,14-15H,7-9H2,1-2H3. The molecule has 0 bridgehead atoms. The molecule has 1 aromatic rings. The van der Waals surface area contributed by atoms with Gasteiger partial charge in [-0.3, -0.25) is 0 Å². The van der Waals surface area contributed by atoms with E-state index in [1.165, 1.54) is 0 Å². The van der Waals surface area contributed by atoms with E-state index in [1.807, 2.05) is 24.3 Å². The predicted molar refractivity (Wildman–Crippen MR) is 61.9 cm³/mol. The molecular formula is C12H19NO2. The fraction of sp³-hybridized carbons (Fsp3) is 0.500. The van der Waals surface area contributed by atoms with Crippen LogP contribution in [-0.4, -0.2) is 29.4 Å². The zero-order valence-electron chi connectivity index (χ0n) is 9.35. The molecule has 84 valence electrons. The lowest BCUT2D eigenvalue weighted by atomic mass is 10.2. The molecule has 15 heavy (non-hydrogen) atoms. The lowest BCUT2D eigenvalue weighted by Crippen LogP contribution is -2.33. The molecule has 0 spiro atoms. The molecular weight excluding hydrogens is 190 g/mol. The maximum atomic E-state index is 8.97. The van der Waals surface area contributed by atoms with E-state index in [-0.39, 0.29) is 13.2 Å². The van der Waals surface area contributed by atoms with Crippen molar-refractivity contribution in [3.63, 3.8) is 0 Å². The van der Waals surface area contributed by atoms with Gasteiger partial charge in [0.15, 0.2) is 0 Å². The number of anilines is 1. The molecule has 0 heterocycles. The molecule has 0 saturated heterocycles. The van der Waals surface area contributed by atoms with Gasteiger partial charge >= 0.3 is 0 Å². The summed E-state index contributed by atoms with van der Waals surface area (Å²) < 4.78 is 0. The van der Waals surface area contributed by atoms with Crippen LogP contribution in [0.2, 0.25) is 0 Å². The number of hydrogen-bond donors (Lipinski definition) is 2. The van der Waals surface area contributed by atoms with Crippen LogP contribution in [0.1, 0.15) is 19.4 Å². The summed E-state index contributed by atoms with van der Waals surface area (Å²) in [6, 6.07) is 8.12. The lowest BCUT2D eigenvalue weighted by molar-refractivity contribution is 0.282. The van der Waals surface area contributed by atoms with Crippen molar-refractivity contribution in [3.8, 4) is 0 Å². The Labute approximate surface area is 91.0 Å². The molecule has 0 saturated carbocycles. The van der Waals surface area contributed by atoms with Crippen molar-refractivity contribution in [3.05, 3.63) is 29.8 Å². The first-order chi connectivity index (χ1) is 7.19. The fourth-order valence-electron chi connectivity index (χ4n) is 1.59. The molecule has 0 aliphatic heterocycles. The minimum atomic E-state index is 0.0714. The van der Waals surface area contributed by atoms with Crippen LogP contribution in [0, 0.1) is 0 Å². The summed E-state index contributed by atoms with van der Waals surface area (Å²) in [5.74, 6) is 0. The number of nitrogens with zero attached hydrogens (tertiary/aromatic N) is 1. The summed E-state index contributed by atoms with van der Waals surface area (Å²) in [4.78, 5) is 2.13. The lowest BCUT2D eigenvalue weighted by Gasteiger charge is -2.28. The van der Waals surface area contributed by atoms with E-state index < -0.39 is 0 Å². The zero-order valence-corrected chi connectivity index (χ0v) is 9.35. The van der Waals surface area contributed by atoms with Crippen LogP contribution in [0.4, 0.5) is 5.69 Å². The Bertz CT molecular complexity index is 282. The van der Waals surface area contributed by atoms with Crippen molar-refractivity contribution < 1.29 is 10.2 Å². The highest BCUT2D eigenvalue weighted by Gasteiger charge is 2.09. The number of rotatable bonds is 5.